The maximum atomic E-state index is 12.8. The molecule has 2 aliphatic heterocycles. The molecule has 8 heteroatoms. The fourth-order valence-electron chi connectivity index (χ4n) is 3.38. The van der Waals surface area contributed by atoms with Gasteiger partial charge >= 0.3 is 0 Å². The van der Waals surface area contributed by atoms with Crippen molar-refractivity contribution in [1.82, 2.24) is 14.5 Å². The van der Waals surface area contributed by atoms with Crippen LogP contribution in [-0.2, 0) is 14.8 Å². The molecule has 2 aliphatic rings. The average molecular weight is 349 g/mol. The molecule has 3 atom stereocenters. The Hall–Kier alpha value is -1.77. The van der Waals surface area contributed by atoms with Crippen LogP contribution in [0.3, 0.4) is 0 Å². The molecule has 2 saturated heterocycles. The number of fused-ring (bicyclic) bond motifs is 1. The lowest BCUT2D eigenvalue weighted by Gasteiger charge is -2.18. The Labute approximate surface area is 140 Å². The van der Waals surface area contributed by atoms with Crippen LogP contribution >= 0.6 is 0 Å². The first kappa shape index (κ1) is 15.7. The van der Waals surface area contributed by atoms with Gasteiger partial charge in [0.15, 0.2) is 0 Å². The van der Waals surface area contributed by atoms with E-state index in [0.29, 0.717) is 36.2 Å². The van der Waals surface area contributed by atoms with E-state index in [1.165, 1.54) is 4.31 Å². The summed E-state index contributed by atoms with van der Waals surface area (Å²) in [7, 11) is -3.47. The summed E-state index contributed by atoms with van der Waals surface area (Å²) in [4.78, 5) is 0.331. The monoisotopic (exact) mass is 349 g/mol. The predicted octanol–water partition coefficient (Wildman–Crippen LogP) is 1.84. The largest absolute Gasteiger partial charge is 0.423 e. The minimum Gasteiger partial charge on any atom is -0.423 e. The van der Waals surface area contributed by atoms with Crippen molar-refractivity contribution in [2.24, 2.45) is 5.92 Å². The first-order chi connectivity index (χ1) is 11.4. The average Bonchev–Trinajstić information content (AvgIpc) is 3.21. The number of aryl methyl sites for hydroxylation is 2. The number of sulfonamides is 1. The lowest BCUT2D eigenvalue weighted by Crippen LogP contribution is -2.30. The van der Waals surface area contributed by atoms with Gasteiger partial charge in [-0.15, -0.1) is 10.2 Å². The quantitative estimate of drug-likeness (QED) is 0.840. The van der Waals surface area contributed by atoms with Crippen molar-refractivity contribution in [2.45, 2.75) is 37.4 Å². The molecule has 4 rings (SSSR count). The molecule has 3 heterocycles. The summed E-state index contributed by atoms with van der Waals surface area (Å²) < 4.78 is 38.4. The highest BCUT2D eigenvalue weighted by Crippen LogP contribution is 2.41. The molecule has 0 radical (unpaired) electrons. The van der Waals surface area contributed by atoms with Gasteiger partial charge in [-0.2, -0.15) is 4.31 Å². The molecule has 0 saturated carbocycles. The molecule has 0 unspecified atom stereocenters. The predicted molar refractivity (Wildman–Crippen MR) is 84.7 cm³/mol. The fraction of sp³-hybridized carbons (Fsp3) is 0.500. The van der Waals surface area contributed by atoms with Crippen LogP contribution in [0.2, 0.25) is 0 Å². The molecule has 2 aromatic rings. The molecule has 1 aromatic heterocycles. The number of nitrogens with zero attached hydrogens (tertiary/aromatic N) is 3. The zero-order valence-corrected chi connectivity index (χ0v) is 14.4. The van der Waals surface area contributed by atoms with Gasteiger partial charge in [0.25, 0.3) is 0 Å². The van der Waals surface area contributed by atoms with Crippen LogP contribution in [0.15, 0.2) is 33.6 Å². The van der Waals surface area contributed by atoms with Crippen LogP contribution in [0.5, 0.6) is 0 Å². The van der Waals surface area contributed by atoms with E-state index in [0.717, 1.165) is 5.56 Å². The van der Waals surface area contributed by atoms with Gasteiger partial charge in [-0.05, 0) is 25.5 Å². The first-order valence-electron chi connectivity index (χ1n) is 7.96. The summed E-state index contributed by atoms with van der Waals surface area (Å²) in [6, 6.07) is 6.94. The normalized spacial score (nSPS) is 27.5. The van der Waals surface area contributed by atoms with Crippen LogP contribution < -0.4 is 0 Å². The van der Waals surface area contributed by atoms with E-state index in [-0.39, 0.29) is 18.1 Å². The summed E-state index contributed by atoms with van der Waals surface area (Å²) in [6.07, 6.45) is 0.347. The molecule has 2 fully saturated rings. The fourth-order valence-corrected chi connectivity index (χ4v) is 4.89. The van der Waals surface area contributed by atoms with Crippen molar-refractivity contribution in [3.63, 3.8) is 0 Å². The Morgan fingerprint density at radius 3 is 2.50 bits per heavy atom. The molecule has 0 aliphatic carbocycles. The van der Waals surface area contributed by atoms with E-state index in [9.17, 15) is 8.42 Å². The number of aromatic nitrogens is 2. The van der Waals surface area contributed by atoms with Gasteiger partial charge in [-0.3, -0.25) is 0 Å². The third-order valence-corrected chi connectivity index (χ3v) is 6.53. The van der Waals surface area contributed by atoms with Gasteiger partial charge in [0.05, 0.1) is 11.0 Å². The maximum Gasteiger partial charge on any atom is 0.245 e. The molecule has 1 aromatic carbocycles. The third kappa shape index (κ3) is 2.64. The van der Waals surface area contributed by atoms with E-state index in [1.54, 1.807) is 19.1 Å². The van der Waals surface area contributed by atoms with E-state index in [1.807, 2.05) is 19.1 Å². The topological polar surface area (TPSA) is 85.5 Å². The van der Waals surface area contributed by atoms with Gasteiger partial charge in [-0.25, -0.2) is 8.42 Å². The van der Waals surface area contributed by atoms with E-state index in [2.05, 4.69) is 10.2 Å². The van der Waals surface area contributed by atoms with Gasteiger partial charge in [-0.1, -0.05) is 17.7 Å². The van der Waals surface area contributed by atoms with Gasteiger partial charge in [0, 0.05) is 25.9 Å². The van der Waals surface area contributed by atoms with Crippen LogP contribution in [0.1, 0.15) is 29.9 Å². The molecule has 128 valence electrons. The summed E-state index contributed by atoms with van der Waals surface area (Å²) in [6.45, 7) is 4.50. The minimum absolute atomic E-state index is 0.123. The minimum atomic E-state index is -3.47. The van der Waals surface area contributed by atoms with Crippen LogP contribution in [0, 0.1) is 19.8 Å². The van der Waals surface area contributed by atoms with Crippen molar-refractivity contribution >= 4 is 10.0 Å². The number of ether oxygens (including phenoxy) is 1. The Morgan fingerprint density at radius 2 is 1.88 bits per heavy atom. The van der Waals surface area contributed by atoms with Crippen molar-refractivity contribution < 1.29 is 17.6 Å². The first-order valence-corrected chi connectivity index (χ1v) is 9.40. The van der Waals surface area contributed by atoms with Crippen molar-refractivity contribution in [3.8, 4) is 0 Å². The molecule has 24 heavy (non-hydrogen) atoms. The smallest absolute Gasteiger partial charge is 0.245 e. The van der Waals surface area contributed by atoms with E-state index in [4.69, 9.17) is 9.15 Å². The second-order valence-corrected chi connectivity index (χ2v) is 8.39. The molecule has 0 bridgehead atoms. The van der Waals surface area contributed by atoms with Gasteiger partial charge in [0.1, 0.15) is 6.10 Å². The molecule has 0 spiro atoms. The Bertz CT molecular complexity index is 832. The lowest BCUT2D eigenvalue weighted by molar-refractivity contribution is 0.0278. The summed E-state index contributed by atoms with van der Waals surface area (Å²) in [5, 5.41) is 7.83. The van der Waals surface area contributed by atoms with Crippen molar-refractivity contribution in [1.29, 1.82) is 0 Å². The Morgan fingerprint density at radius 1 is 1.12 bits per heavy atom. The van der Waals surface area contributed by atoms with Gasteiger partial charge < -0.3 is 9.15 Å². The maximum absolute atomic E-state index is 12.8. The molecule has 0 N–H and O–H groups in total. The SMILES string of the molecule is Cc1ccc(S(=O)(=O)N2C[C@@H]3C[C@@H](c4nnc(C)o4)O[C@@H]3C2)cc1. The van der Waals surface area contributed by atoms with Crippen molar-refractivity contribution in [3.05, 3.63) is 41.6 Å². The van der Waals surface area contributed by atoms with Crippen molar-refractivity contribution in [2.75, 3.05) is 13.1 Å². The van der Waals surface area contributed by atoms with Crippen LogP contribution in [0.4, 0.5) is 0 Å². The number of hydrogen-bond donors (Lipinski definition) is 0. The number of hydrogen-bond acceptors (Lipinski definition) is 6. The summed E-state index contributed by atoms with van der Waals surface area (Å²) in [5.74, 6) is 1.14. The Balaban J connectivity index is 1.48. The molecular weight excluding hydrogens is 330 g/mol. The molecular formula is C16H19N3O4S. The zero-order chi connectivity index (χ0) is 16.9. The number of benzene rings is 1. The zero-order valence-electron chi connectivity index (χ0n) is 13.5. The second-order valence-electron chi connectivity index (χ2n) is 6.45. The van der Waals surface area contributed by atoms with E-state index < -0.39 is 10.0 Å². The standard InChI is InChI=1S/C16H19N3O4S/c1-10-3-5-13(6-4-10)24(20,21)19-8-12-7-14(23-15(12)9-19)16-18-17-11(2)22-16/h3-6,12,14-15H,7-9H2,1-2H3/t12-,14-,15+/m0/s1. The highest BCUT2D eigenvalue weighted by atomic mass is 32.2. The van der Waals surface area contributed by atoms with Crippen LogP contribution in [-0.4, -0.2) is 42.1 Å². The highest BCUT2D eigenvalue weighted by Gasteiger charge is 2.47. The van der Waals surface area contributed by atoms with Gasteiger partial charge in [0.2, 0.25) is 21.8 Å². The Kier molecular flexibility index (Phi) is 3.70. The second kappa shape index (κ2) is 5.65. The number of rotatable bonds is 3. The summed E-state index contributed by atoms with van der Waals surface area (Å²) >= 11 is 0. The lowest BCUT2D eigenvalue weighted by atomic mass is 10.0. The molecule has 7 nitrogen and oxygen atoms in total. The van der Waals surface area contributed by atoms with Crippen LogP contribution in [0.25, 0.3) is 0 Å². The third-order valence-electron chi connectivity index (χ3n) is 4.68. The summed E-state index contributed by atoms with van der Waals surface area (Å²) in [5.41, 5.74) is 1.04. The van der Waals surface area contributed by atoms with E-state index >= 15 is 0 Å². The molecule has 0 amide bonds. The highest BCUT2D eigenvalue weighted by molar-refractivity contribution is 7.89.